The van der Waals surface area contributed by atoms with Gasteiger partial charge in [-0.2, -0.15) is 0 Å². The Morgan fingerprint density at radius 2 is 2.17 bits per heavy atom. The van der Waals surface area contributed by atoms with Crippen molar-refractivity contribution in [3.63, 3.8) is 0 Å². The molecule has 1 aliphatic rings. The molecule has 1 aromatic carbocycles. The Labute approximate surface area is 106 Å². The molecule has 0 saturated heterocycles. The molecule has 1 aliphatic carbocycles. The van der Waals surface area contributed by atoms with E-state index in [0.717, 1.165) is 31.2 Å². The Hall–Kier alpha value is -1.62. The van der Waals surface area contributed by atoms with Crippen LogP contribution in [0, 0.1) is 10.1 Å². The number of ether oxygens (including phenoxy) is 1. The molecule has 0 amide bonds. The largest absolute Gasteiger partial charge is 0.484 e. The SMILES string of the molecule is CNCc1ccc(OC2CCCC2)c([N+](=O)[O-])c1. The van der Waals surface area contributed by atoms with E-state index >= 15 is 0 Å². The number of nitro groups is 1. The second-order valence-electron chi connectivity index (χ2n) is 4.61. The fourth-order valence-electron chi connectivity index (χ4n) is 2.31. The zero-order chi connectivity index (χ0) is 13.0. The van der Waals surface area contributed by atoms with Crippen LogP contribution in [0.3, 0.4) is 0 Å². The summed E-state index contributed by atoms with van der Waals surface area (Å²) in [6.07, 6.45) is 4.43. The minimum Gasteiger partial charge on any atom is -0.484 e. The van der Waals surface area contributed by atoms with Crippen LogP contribution in [-0.4, -0.2) is 18.1 Å². The molecule has 1 N–H and O–H groups in total. The number of nitro benzene ring substituents is 1. The highest BCUT2D eigenvalue weighted by Gasteiger charge is 2.22. The fourth-order valence-corrected chi connectivity index (χ4v) is 2.31. The lowest BCUT2D eigenvalue weighted by Gasteiger charge is -2.13. The summed E-state index contributed by atoms with van der Waals surface area (Å²) >= 11 is 0. The molecule has 0 spiro atoms. The minimum atomic E-state index is -0.372. The van der Waals surface area contributed by atoms with Gasteiger partial charge in [-0.1, -0.05) is 6.07 Å². The zero-order valence-corrected chi connectivity index (χ0v) is 10.5. The third-order valence-corrected chi connectivity index (χ3v) is 3.20. The molecule has 0 aliphatic heterocycles. The molecule has 18 heavy (non-hydrogen) atoms. The highest BCUT2D eigenvalue weighted by atomic mass is 16.6. The molecule has 1 fully saturated rings. The molecule has 0 aromatic heterocycles. The van der Waals surface area contributed by atoms with Gasteiger partial charge < -0.3 is 10.1 Å². The van der Waals surface area contributed by atoms with Gasteiger partial charge in [0.25, 0.3) is 0 Å². The van der Waals surface area contributed by atoms with Gasteiger partial charge >= 0.3 is 5.69 Å². The van der Waals surface area contributed by atoms with Gasteiger partial charge in [-0.05, 0) is 44.4 Å². The van der Waals surface area contributed by atoms with Crippen molar-refractivity contribution in [2.45, 2.75) is 38.3 Å². The maximum atomic E-state index is 11.1. The summed E-state index contributed by atoms with van der Waals surface area (Å²) in [5.74, 6) is 0.395. The molecule has 0 radical (unpaired) electrons. The summed E-state index contributed by atoms with van der Waals surface area (Å²) in [5, 5.41) is 14.0. The van der Waals surface area contributed by atoms with Gasteiger partial charge in [-0.15, -0.1) is 0 Å². The molecule has 98 valence electrons. The van der Waals surface area contributed by atoms with Crippen LogP contribution in [0.5, 0.6) is 5.75 Å². The van der Waals surface area contributed by atoms with E-state index in [1.807, 2.05) is 13.1 Å². The monoisotopic (exact) mass is 250 g/mol. The summed E-state index contributed by atoms with van der Waals surface area (Å²) in [4.78, 5) is 10.7. The summed E-state index contributed by atoms with van der Waals surface area (Å²) in [5.41, 5.74) is 0.956. The van der Waals surface area contributed by atoms with E-state index in [0.29, 0.717) is 12.3 Å². The second kappa shape index (κ2) is 5.82. The summed E-state index contributed by atoms with van der Waals surface area (Å²) in [6.45, 7) is 0.616. The Morgan fingerprint density at radius 1 is 1.44 bits per heavy atom. The van der Waals surface area contributed by atoms with Gasteiger partial charge in [0.1, 0.15) is 0 Å². The van der Waals surface area contributed by atoms with Gasteiger partial charge in [0, 0.05) is 12.6 Å². The van der Waals surface area contributed by atoms with E-state index in [-0.39, 0.29) is 16.7 Å². The first kappa shape index (κ1) is 12.8. The van der Waals surface area contributed by atoms with Crippen LogP contribution < -0.4 is 10.1 Å². The van der Waals surface area contributed by atoms with Crippen molar-refractivity contribution < 1.29 is 9.66 Å². The van der Waals surface area contributed by atoms with Crippen LogP contribution in [0.15, 0.2) is 18.2 Å². The maximum Gasteiger partial charge on any atom is 0.311 e. The first-order chi connectivity index (χ1) is 8.70. The Balaban J connectivity index is 2.19. The van der Waals surface area contributed by atoms with Crippen molar-refractivity contribution in [2.24, 2.45) is 0 Å². The highest BCUT2D eigenvalue weighted by Crippen LogP contribution is 2.32. The number of hydrogen-bond acceptors (Lipinski definition) is 4. The number of hydrogen-bond donors (Lipinski definition) is 1. The number of nitrogens with one attached hydrogen (secondary N) is 1. The molecule has 5 heteroatoms. The van der Waals surface area contributed by atoms with Gasteiger partial charge in [0.2, 0.25) is 0 Å². The topological polar surface area (TPSA) is 64.4 Å². The summed E-state index contributed by atoms with van der Waals surface area (Å²) in [7, 11) is 1.81. The highest BCUT2D eigenvalue weighted by molar-refractivity contribution is 5.48. The fraction of sp³-hybridized carbons (Fsp3) is 0.538. The average molecular weight is 250 g/mol. The van der Waals surface area contributed by atoms with Crippen LogP contribution in [-0.2, 0) is 6.54 Å². The van der Waals surface area contributed by atoms with E-state index in [9.17, 15) is 10.1 Å². The number of nitrogens with zero attached hydrogens (tertiary/aromatic N) is 1. The molecule has 0 atom stereocenters. The van der Waals surface area contributed by atoms with Crippen molar-refractivity contribution in [1.29, 1.82) is 0 Å². The Bertz CT molecular complexity index is 428. The molecule has 1 aromatic rings. The molecular weight excluding hydrogens is 232 g/mol. The van der Waals surface area contributed by atoms with Crippen molar-refractivity contribution in [3.8, 4) is 5.75 Å². The molecule has 0 bridgehead atoms. The number of benzene rings is 1. The normalized spacial score (nSPS) is 15.8. The van der Waals surface area contributed by atoms with E-state index in [2.05, 4.69) is 5.32 Å². The predicted molar refractivity (Wildman–Crippen MR) is 68.7 cm³/mol. The van der Waals surface area contributed by atoms with Crippen LogP contribution >= 0.6 is 0 Å². The van der Waals surface area contributed by atoms with E-state index in [4.69, 9.17) is 4.74 Å². The average Bonchev–Trinajstić information content (AvgIpc) is 2.84. The molecule has 0 unspecified atom stereocenters. The lowest BCUT2D eigenvalue weighted by molar-refractivity contribution is -0.386. The van der Waals surface area contributed by atoms with Crippen molar-refractivity contribution >= 4 is 5.69 Å². The number of rotatable bonds is 5. The smallest absolute Gasteiger partial charge is 0.311 e. The standard InChI is InChI=1S/C13H18N2O3/c1-14-9-10-6-7-13(12(8-10)15(16)17)18-11-4-2-3-5-11/h6-8,11,14H,2-5,9H2,1H3. The van der Waals surface area contributed by atoms with Crippen molar-refractivity contribution in [2.75, 3.05) is 7.05 Å². The van der Waals surface area contributed by atoms with Crippen LogP contribution in [0.2, 0.25) is 0 Å². The van der Waals surface area contributed by atoms with Crippen LogP contribution in [0.25, 0.3) is 0 Å². The van der Waals surface area contributed by atoms with Crippen molar-refractivity contribution in [3.05, 3.63) is 33.9 Å². The lowest BCUT2D eigenvalue weighted by Crippen LogP contribution is -2.12. The quantitative estimate of drug-likeness (QED) is 0.644. The lowest BCUT2D eigenvalue weighted by atomic mass is 10.2. The van der Waals surface area contributed by atoms with E-state index in [1.54, 1.807) is 12.1 Å². The Morgan fingerprint density at radius 3 is 2.78 bits per heavy atom. The van der Waals surface area contributed by atoms with Gasteiger partial charge in [0.05, 0.1) is 11.0 Å². The molecule has 5 nitrogen and oxygen atoms in total. The van der Waals surface area contributed by atoms with Crippen molar-refractivity contribution in [1.82, 2.24) is 5.32 Å². The molecular formula is C13H18N2O3. The molecule has 0 heterocycles. The van der Waals surface area contributed by atoms with Gasteiger partial charge in [-0.25, -0.2) is 0 Å². The molecule has 2 rings (SSSR count). The van der Waals surface area contributed by atoms with Crippen LogP contribution in [0.4, 0.5) is 5.69 Å². The maximum absolute atomic E-state index is 11.1. The minimum absolute atomic E-state index is 0.0645. The van der Waals surface area contributed by atoms with E-state index < -0.39 is 0 Å². The van der Waals surface area contributed by atoms with Gasteiger partial charge in [-0.3, -0.25) is 10.1 Å². The summed E-state index contributed by atoms with van der Waals surface area (Å²) < 4.78 is 5.74. The first-order valence-electron chi connectivity index (χ1n) is 6.29. The second-order valence-corrected chi connectivity index (χ2v) is 4.61. The Kier molecular flexibility index (Phi) is 4.15. The summed E-state index contributed by atoms with van der Waals surface area (Å²) in [6, 6.07) is 5.16. The van der Waals surface area contributed by atoms with Gasteiger partial charge in [0.15, 0.2) is 5.75 Å². The predicted octanol–water partition coefficient (Wildman–Crippen LogP) is 2.64. The third-order valence-electron chi connectivity index (χ3n) is 3.20. The van der Waals surface area contributed by atoms with E-state index in [1.165, 1.54) is 0 Å². The third kappa shape index (κ3) is 2.98. The molecule has 1 saturated carbocycles. The zero-order valence-electron chi connectivity index (χ0n) is 10.5. The van der Waals surface area contributed by atoms with Crippen LogP contribution in [0.1, 0.15) is 31.2 Å². The first-order valence-corrected chi connectivity index (χ1v) is 6.29.